The number of aryl methyl sites for hydroxylation is 1. The van der Waals surface area contributed by atoms with Gasteiger partial charge in [-0.05, 0) is 43.4 Å². The molecule has 90 valence electrons. The third-order valence-corrected chi connectivity index (χ3v) is 2.70. The van der Waals surface area contributed by atoms with E-state index >= 15 is 0 Å². The van der Waals surface area contributed by atoms with Crippen molar-refractivity contribution in [3.8, 4) is 11.5 Å². The van der Waals surface area contributed by atoms with Gasteiger partial charge < -0.3 is 14.6 Å². The van der Waals surface area contributed by atoms with Crippen molar-refractivity contribution in [1.29, 1.82) is 0 Å². The van der Waals surface area contributed by atoms with Crippen LogP contribution in [0.5, 0.6) is 11.5 Å². The second-order valence-electron chi connectivity index (χ2n) is 3.81. The molecular weight excluding hydrogens is 204 g/mol. The van der Waals surface area contributed by atoms with Gasteiger partial charge in [0.05, 0.1) is 14.2 Å². The molecule has 16 heavy (non-hydrogen) atoms. The Morgan fingerprint density at radius 3 is 2.44 bits per heavy atom. The maximum atomic E-state index is 8.77. The highest BCUT2D eigenvalue weighted by atomic mass is 16.5. The Bertz CT molecular complexity index is 334. The Hall–Kier alpha value is -1.22. The summed E-state index contributed by atoms with van der Waals surface area (Å²) in [5.41, 5.74) is 2.38. The van der Waals surface area contributed by atoms with E-state index in [1.54, 1.807) is 14.2 Å². The van der Waals surface area contributed by atoms with Gasteiger partial charge in [-0.2, -0.15) is 0 Å². The molecule has 1 aromatic carbocycles. The van der Waals surface area contributed by atoms with Gasteiger partial charge >= 0.3 is 0 Å². The van der Waals surface area contributed by atoms with Crippen molar-refractivity contribution in [2.24, 2.45) is 0 Å². The van der Waals surface area contributed by atoms with Gasteiger partial charge in [-0.3, -0.25) is 0 Å². The van der Waals surface area contributed by atoms with Crippen LogP contribution in [0.3, 0.4) is 0 Å². The van der Waals surface area contributed by atoms with E-state index in [-0.39, 0.29) is 6.61 Å². The van der Waals surface area contributed by atoms with Crippen LogP contribution in [0.4, 0.5) is 0 Å². The number of hydrogen-bond donors (Lipinski definition) is 1. The van der Waals surface area contributed by atoms with Gasteiger partial charge in [-0.25, -0.2) is 0 Å². The molecule has 0 atom stereocenters. The van der Waals surface area contributed by atoms with E-state index < -0.39 is 0 Å². The van der Waals surface area contributed by atoms with Crippen molar-refractivity contribution in [2.75, 3.05) is 20.8 Å². The third kappa shape index (κ3) is 3.14. The zero-order valence-electron chi connectivity index (χ0n) is 10.2. The normalized spacial score (nSPS) is 10.2. The highest BCUT2D eigenvalue weighted by Gasteiger charge is 2.08. The molecule has 0 saturated heterocycles. The average molecular weight is 224 g/mol. The van der Waals surface area contributed by atoms with Crippen molar-refractivity contribution in [3.63, 3.8) is 0 Å². The second kappa shape index (κ2) is 6.38. The molecule has 0 aliphatic rings. The van der Waals surface area contributed by atoms with Gasteiger partial charge in [0.15, 0.2) is 0 Å². The topological polar surface area (TPSA) is 38.7 Å². The van der Waals surface area contributed by atoms with Crippen LogP contribution in [-0.4, -0.2) is 25.9 Å². The number of methoxy groups -OCH3 is 2. The monoisotopic (exact) mass is 224 g/mol. The number of rotatable bonds is 6. The van der Waals surface area contributed by atoms with Gasteiger partial charge in [-0.15, -0.1) is 0 Å². The van der Waals surface area contributed by atoms with Gasteiger partial charge in [0.25, 0.3) is 0 Å². The predicted octanol–water partition coefficient (Wildman–Crippen LogP) is 2.33. The minimum absolute atomic E-state index is 0.248. The highest BCUT2D eigenvalue weighted by molar-refractivity contribution is 5.46. The number of aliphatic hydroxyl groups is 1. The first-order valence-corrected chi connectivity index (χ1v) is 5.55. The quantitative estimate of drug-likeness (QED) is 0.754. The summed E-state index contributed by atoms with van der Waals surface area (Å²) < 4.78 is 10.6. The van der Waals surface area contributed by atoms with E-state index in [4.69, 9.17) is 14.6 Å². The molecule has 0 heterocycles. The molecule has 3 heteroatoms. The van der Waals surface area contributed by atoms with E-state index in [0.717, 1.165) is 30.8 Å². The van der Waals surface area contributed by atoms with Crippen LogP contribution in [-0.2, 0) is 6.42 Å². The summed E-state index contributed by atoms with van der Waals surface area (Å²) in [5, 5.41) is 8.77. The van der Waals surface area contributed by atoms with Crippen LogP contribution in [0.1, 0.15) is 24.0 Å². The lowest BCUT2D eigenvalue weighted by molar-refractivity contribution is 0.284. The van der Waals surface area contributed by atoms with Crippen molar-refractivity contribution in [1.82, 2.24) is 0 Å². The number of benzene rings is 1. The molecule has 0 aromatic heterocycles. The summed E-state index contributed by atoms with van der Waals surface area (Å²) in [5.74, 6) is 1.69. The molecule has 0 saturated carbocycles. The van der Waals surface area contributed by atoms with Crippen LogP contribution in [0.15, 0.2) is 12.1 Å². The second-order valence-corrected chi connectivity index (χ2v) is 3.81. The Balaban J connectivity index is 2.88. The minimum Gasteiger partial charge on any atom is -0.497 e. The Labute approximate surface area is 97.0 Å². The Morgan fingerprint density at radius 1 is 1.12 bits per heavy atom. The van der Waals surface area contributed by atoms with Crippen molar-refractivity contribution in [2.45, 2.75) is 26.2 Å². The summed E-state index contributed by atoms with van der Waals surface area (Å²) >= 11 is 0. The lowest BCUT2D eigenvalue weighted by Gasteiger charge is -2.13. The summed E-state index contributed by atoms with van der Waals surface area (Å²) in [6.45, 7) is 2.30. The summed E-state index contributed by atoms with van der Waals surface area (Å²) in [6, 6.07) is 3.91. The molecule has 0 unspecified atom stereocenters. The molecule has 0 bridgehead atoms. The predicted molar refractivity (Wildman–Crippen MR) is 64.3 cm³/mol. The lowest BCUT2D eigenvalue weighted by Crippen LogP contribution is -1.98. The molecule has 1 N–H and O–H groups in total. The van der Waals surface area contributed by atoms with Crippen LogP contribution >= 0.6 is 0 Å². The van der Waals surface area contributed by atoms with Crippen molar-refractivity contribution in [3.05, 3.63) is 23.3 Å². The zero-order chi connectivity index (χ0) is 12.0. The Morgan fingerprint density at radius 2 is 1.88 bits per heavy atom. The summed E-state index contributed by atoms with van der Waals surface area (Å²) in [4.78, 5) is 0. The average Bonchev–Trinajstić information content (AvgIpc) is 2.30. The molecule has 1 aromatic rings. The van der Waals surface area contributed by atoms with Gasteiger partial charge in [0, 0.05) is 12.7 Å². The molecule has 0 aliphatic carbocycles. The van der Waals surface area contributed by atoms with E-state index in [2.05, 4.69) is 6.92 Å². The molecule has 0 amide bonds. The van der Waals surface area contributed by atoms with E-state index in [0.29, 0.717) is 0 Å². The fraction of sp³-hybridized carbons (Fsp3) is 0.538. The van der Waals surface area contributed by atoms with E-state index in [9.17, 15) is 0 Å². The molecular formula is C13H20O3. The van der Waals surface area contributed by atoms with Gasteiger partial charge in [0.2, 0.25) is 0 Å². The summed E-state index contributed by atoms with van der Waals surface area (Å²) in [6.07, 6.45) is 2.73. The first kappa shape index (κ1) is 12.8. The SMILES string of the molecule is COc1cc(C)c(CCCCO)c(OC)c1. The maximum Gasteiger partial charge on any atom is 0.126 e. The number of hydrogen-bond acceptors (Lipinski definition) is 3. The molecule has 0 fully saturated rings. The third-order valence-electron chi connectivity index (χ3n) is 2.70. The number of unbranched alkanes of at least 4 members (excludes halogenated alkanes) is 1. The molecule has 0 radical (unpaired) electrons. The van der Waals surface area contributed by atoms with Gasteiger partial charge in [0.1, 0.15) is 11.5 Å². The van der Waals surface area contributed by atoms with Crippen LogP contribution in [0.25, 0.3) is 0 Å². The molecule has 3 nitrogen and oxygen atoms in total. The molecule has 1 rings (SSSR count). The van der Waals surface area contributed by atoms with Crippen LogP contribution in [0, 0.1) is 6.92 Å². The number of aliphatic hydroxyl groups excluding tert-OH is 1. The first-order chi connectivity index (χ1) is 7.72. The maximum absolute atomic E-state index is 8.77. The first-order valence-electron chi connectivity index (χ1n) is 5.55. The standard InChI is InChI=1S/C13H20O3/c1-10-8-11(15-2)9-13(16-3)12(10)6-4-5-7-14/h8-9,14H,4-7H2,1-3H3. The van der Waals surface area contributed by atoms with E-state index in [1.165, 1.54) is 11.1 Å². The van der Waals surface area contributed by atoms with Crippen LogP contribution < -0.4 is 9.47 Å². The lowest BCUT2D eigenvalue weighted by atomic mass is 10.0. The smallest absolute Gasteiger partial charge is 0.126 e. The number of ether oxygens (including phenoxy) is 2. The summed E-state index contributed by atoms with van der Waals surface area (Å²) in [7, 11) is 3.32. The van der Waals surface area contributed by atoms with Crippen LogP contribution in [0.2, 0.25) is 0 Å². The minimum atomic E-state index is 0.248. The fourth-order valence-corrected chi connectivity index (χ4v) is 1.79. The molecule has 0 spiro atoms. The van der Waals surface area contributed by atoms with Crippen molar-refractivity contribution < 1.29 is 14.6 Å². The van der Waals surface area contributed by atoms with Crippen molar-refractivity contribution >= 4 is 0 Å². The van der Waals surface area contributed by atoms with Gasteiger partial charge in [-0.1, -0.05) is 0 Å². The molecule has 0 aliphatic heterocycles. The zero-order valence-corrected chi connectivity index (χ0v) is 10.2. The largest absolute Gasteiger partial charge is 0.497 e. The highest BCUT2D eigenvalue weighted by Crippen LogP contribution is 2.29. The van der Waals surface area contributed by atoms with E-state index in [1.807, 2.05) is 12.1 Å². The fourth-order valence-electron chi connectivity index (χ4n) is 1.79. The Kier molecular flexibility index (Phi) is 5.12.